The van der Waals surface area contributed by atoms with Gasteiger partial charge < -0.3 is 5.11 Å². The molecule has 0 spiro atoms. The molecule has 0 radical (unpaired) electrons. The van der Waals surface area contributed by atoms with Gasteiger partial charge in [0, 0.05) is 0 Å². The van der Waals surface area contributed by atoms with Crippen LogP contribution in [-0.4, -0.2) is 5.11 Å². The summed E-state index contributed by atoms with van der Waals surface area (Å²) in [7, 11) is 0. The van der Waals surface area contributed by atoms with E-state index in [-0.39, 0.29) is 0 Å². The van der Waals surface area contributed by atoms with E-state index < -0.39 is 0 Å². The highest BCUT2D eigenvalue weighted by Crippen LogP contribution is 2.71. The van der Waals surface area contributed by atoms with Gasteiger partial charge in [-0.05, 0) is 66.9 Å². The van der Waals surface area contributed by atoms with Crippen LogP contribution in [0.5, 0.6) is 5.75 Å². The first-order valence-corrected chi connectivity index (χ1v) is 7.57. The van der Waals surface area contributed by atoms with E-state index in [9.17, 15) is 5.11 Å². The maximum absolute atomic E-state index is 10.5. The summed E-state index contributed by atoms with van der Waals surface area (Å²) in [6.45, 7) is 11.5. The Kier molecular flexibility index (Phi) is 2.59. The highest BCUT2D eigenvalue weighted by Gasteiger charge is 2.61. The van der Waals surface area contributed by atoms with Crippen LogP contribution >= 0.6 is 0 Å². The fourth-order valence-corrected chi connectivity index (χ4v) is 4.93. The second-order valence-electron chi connectivity index (χ2n) is 7.68. The SMILES string of the molecule is Cc1cc(C)c(O)c([C@@H]2C[C@H]3CC[C@]2(C)C3(C)C)c1. The van der Waals surface area contributed by atoms with E-state index in [1.165, 1.54) is 30.4 Å². The topological polar surface area (TPSA) is 20.2 Å². The van der Waals surface area contributed by atoms with Crippen molar-refractivity contribution in [1.82, 2.24) is 0 Å². The third-order valence-electron chi connectivity index (χ3n) is 6.64. The normalized spacial score (nSPS) is 35.8. The van der Waals surface area contributed by atoms with E-state index in [0.717, 1.165) is 11.5 Å². The van der Waals surface area contributed by atoms with Crippen molar-refractivity contribution < 1.29 is 5.11 Å². The van der Waals surface area contributed by atoms with Gasteiger partial charge >= 0.3 is 0 Å². The summed E-state index contributed by atoms with van der Waals surface area (Å²) >= 11 is 0. The highest BCUT2D eigenvalue weighted by molar-refractivity contribution is 5.46. The van der Waals surface area contributed by atoms with E-state index >= 15 is 0 Å². The molecule has 0 unspecified atom stereocenters. The fourth-order valence-electron chi connectivity index (χ4n) is 4.93. The lowest BCUT2D eigenvalue weighted by Gasteiger charge is -2.40. The van der Waals surface area contributed by atoms with Gasteiger partial charge in [-0.3, -0.25) is 0 Å². The molecule has 1 N–H and O–H groups in total. The van der Waals surface area contributed by atoms with Gasteiger partial charge in [0.25, 0.3) is 0 Å². The molecule has 1 nitrogen and oxygen atoms in total. The van der Waals surface area contributed by atoms with Gasteiger partial charge in [0.05, 0.1) is 0 Å². The summed E-state index contributed by atoms with van der Waals surface area (Å²) in [6, 6.07) is 4.30. The van der Waals surface area contributed by atoms with Gasteiger partial charge in [-0.1, -0.05) is 38.5 Å². The number of aromatic hydroxyl groups is 1. The standard InChI is InChI=1S/C18H26O/c1-11-8-12(2)16(19)14(9-11)15-10-13-6-7-18(15,5)17(13,3)4/h8-9,13,15,19H,6-7,10H2,1-5H3/t13-,15+,18+/m1/s1. The lowest BCUT2D eigenvalue weighted by Crippen LogP contribution is -2.31. The van der Waals surface area contributed by atoms with Crippen molar-refractivity contribution in [2.24, 2.45) is 16.7 Å². The van der Waals surface area contributed by atoms with E-state index in [0.29, 0.717) is 22.5 Å². The quantitative estimate of drug-likeness (QED) is 0.756. The lowest BCUT2D eigenvalue weighted by atomic mass is 9.64. The Bertz CT molecular complexity index is 529. The molecule has 2 aliphatic carbocycles. The molecular formula is C18H26O. The van der Waals surface area contributed by atoms with Crippen molar-refractivity contribution in [2.45, 2.75) is 59.8 Å². The molecule has 104 valence electrons. The molecule has 0 amide bonds. The molecule has 2 fully saturated rings. The van der Waals surface area contributed by atoms with Crippen molar-refractivity contribution in [2.75, 3.05) is 0 Å². The average molecular weight is 258 g/mol. The van der Waals surface area contributed by atoms with E-state index in [1.807, 2.05) is 6.92 Å². The maximum atomic E-state index is 10.5. The van der Waals surface area contributed by atoms with Crippen molar-refractivity contribution in [3.05, 3.63) is 28.8 Å². The highest BCUT2D eigenvalue weighted by atomic mass is 16.3. The Morgan fingerprint density at radius 3 is 2.37 bits per heavy atom. The van der Waals surface area contributed by atoms with Crippen LogP contribution in [0.2, 0.25) is 0 Å². The van der Waals surface area contributed by atoms with Crippen LogP contribution in [0.4, 0.5) is 0 Å². The van der Waals surface area contributed by atoms with E-state index in [4.69, 9.17) is 0 Å². The van der Waals surface area contributed by atoms with Crippen molar-refractivity contribution in [3.63, 3.8) is 0 Å². The lowest BCUT2D eigenvalue weighted by molar-refractivity contribution is 0.133. The third-order valence-corrected chi connectivity index (χ3v) is 6.64. The molecule has 0 saturated heterocycles. The summed E-state index contributed by atoms with van der Waals surface area (Å²) in [5.41, 5.74) is 4.25. The smallest absolute Gasteiger partial charge is 0.121 e. The number of hydrogen-bond donors (Lipinski definition) is 1. The van der Waals surface area contributed by atoms with Crippen LogP contribution in [0.25, 0.3) is 0 Å². The molecule has 1 aromatic carbocycles. The Morgan fingerprint density at radius 2 is 1.84 bits per heavy atom. The third kappa shape index (κ3) is 1.53. The molecule has 0 aliphatic heterocycles. The predicted molar refractivity (Wildman–Crippen MR) is 79.6 cm³/mol. The molecule has 2 aliphatic rings. The molecule has 3 rings (SSSR count). The number of benzene rings is 1. The maximum Gasteiger partial charge on any atom is 0.121 e. The molecule has 19 heavy (non-hydrogen) atoms. The first kappa shape index (κ1) is 13.0. The van der Waals surface area contributed by atoms with E-state index in [1.54, 1.807) is 0 Å². The first-order chi connectivity index (χ1) is 8.77. The molecule has 0 aromatic heterocycles. The van der Waals surface area contributed by atoms with Crippen LogP contribution in [0, 0.1) is 30.6 Å². The second kappa shape index (κ2) is 3.77. The molecular weight excluding hydrogens is 232 g/mol. The zero-order chi connectivity index (χ0) is 14.0. The van der Waals surface area contributed by atoms with Gasteiger partial charge in [-0.15, -0.1) is 0 Å². The molecule has 3 atom stereocenters. The summed E-state index contributed by atoms with van der Waals surface area (Å²) in [6.07, 6.45) is 3.92. The minimum atomic E-state index is 0.343. The monoisotopic (exact) mass is 258 g/mol. The van der Waals surface area contributed by atoms with Crippen molar-refractivity contribution >= 4 is 0 Å². The molecule has 0 heterocycles. The minimum absolute atomic E-state index is 0.343. The molecule has 1 heteroatoms. The minimum Gasteiger partial charge on any atom is -0.507 e. The number of aryl methyl sites for hydroxylation is 2. The summed E-state index contributed by atoms with van der Waals surface area (Å²) in [4.78, 5) is 0. The molecule has 2 bridgehead atoms. The summed E-state index contributed by atoms with van der Waals surface area (Å²) in [5.74, 6) is 1.89. The number of fused-ring (bicyclic) bond motifs is 2. The second-order valence-corrected chi connectivity index (χ2v) is 7.68. The zero-order valence-electron chi connectivity index (χ0n) is 12.9. The van der Waals surface area contributed by atoms with Crippen molar-refractivity contribution in [1.29, 1.82) is 0 Å². The van der Waals surface area contributed by atoms with Gasteiger partial charge in [0.1, 0.15) is 5.75 Å². The van der Waals surface area contributed by atoms with Crippen LogP contribution in [0.3, 0.4) is 0 Å². The Balaban J connectivity index is 2.11. The Labute approximate surface area is 117 Å². The molecule has 2 saturated carbocycles. The van der Waals surface area contributed by atoms with Crippen LogP contribution in [-0.2, 0) is 0 Å². The zero-order valence-corrected chi connectivity index (χ0v) is 12.9. The number of hydrogen-bond acceptors (Lipinski definition) is 1. The van der Waals surface area contributed by atoms with Crippen LogP contribution in [0.15, 0.2) is 12.1 Å². The van der Waals surface area contributed by atoms with Crippen molar-refractivity contribution in [3.8, 4) is 5.75 Å². The first-order valence-electron chi connectivity index (χ1n) is 7.57. The van der Waals surface area contributed by atoms with E-state index in [2.05, 4.69) is 39.8 Å². The average Bonchev–Trinajstić information content (AvgIpc) is 2.66. The number of phenols is 1. The number of rotatable bonds is 1. The summed E-state index contributed by atoms with van der Waals surface area (Å²) < 4.78 is 0. The molecule has 1 aromatic rings. The number of phenolic OH excluding ortho intramolecular Hbond substituents is 1. The Morgan fingerprint density at radius 1 is 1.16 bits per heavy atom. The van der Waals surface area contributed by atoms with Gasteiger partial charge in [0.15, 0.2) is 0 Å². The van der Waals surface area contributed by atoms with Gasteiger partial charge in [0.2, 0.25) is 0 Å². The largest absolute Gasteiger partial charge is 0.507 e. The van der Waals surface area contributed by atoms with Crippen LogP contribution < -0.4 is 0 Å². The fraction of sp³-hybridized carbons (Fsp3) is 0.667. The van der Waals surface area contributed by atoms with Crippen LogP contribution in [0.1, 0.15) is 62.6 Å². The Hall–Kier alpha value is -0.980. The summed E-state index contributed by atoms with van der Waals surface area (Å²) in [5, 5.41) is 10.5. The predicted octanol–water partition coefficient (Wildman–Crippen LogP) is 4.94. The van der Waals surface area contributed by atoms with Gasteiger partial charge in [-0.25, -0.2) is 0 Å². The van der Waals surface area contributed by atoms with Gasteiger partial charge in [-0.2, -0.15) is 0 Å².